The smallest absolute Gasteiger partial charge is 0.239 e. The summed E-state index contributed by atoms with van der Waals surface area (Å²) in [5.41, 5.74) is 2.85. The molecule has 0 aliphatic rings. The average molecular weight is 749 g/mol. The van der Waals surface area contributed by atoms with Crippen LogP contribution in [0.25, 0.3) is 44.5 Å². The molecule has 2 aromatic heterocycles. The van der Waals surface area contributed by atoms with Gasteiger partial charge in [0.05, 0.1) is 58.4 Å². The molecule has 0 amide bonds. The minimum Gasteiger partial charge on any atom is -0.496 e. The zero-order valence-electron chi connectivity index (χ0n) is 28.6. The monoisotopic (exact) mass is 747 g/mol. The van der Waals surface area contributed by atoms with Gasteiger partial charge in [-0.25, -0.2) is 4.98 Å². The van der Waals surface area contributed by atoms with Crippen molar-refractivity contribution in [3.05, 3.63) is 93.1 Å². The third kappa shape index (κ3) is 7.49. The van der Waals surface area contributed by atoms with Crippen LogP contribution >= 0.6 is 35.0 Å². The number of ether oxygens (including phenoxy) is 6. The van der Waals surface area contributed by atoms with Crippen molar-refractivity contribution in [1.29, 1.82) is 0 Å². The summed E-state index contributed by atoms with van der Waals surface area (Å²) in [7, 11) is 7.57. The van der Waals surface area contributed by atoms with Gasteiger partial charge in [-0.1, -0.05) is 41.4 Å². The Morgan fingerprint density at radius 2 is 1.51 bits per heavy atom. The predicted octanol–water partition coefficient (Wildman–Crippen LogP) is 9.98. The van der Waals surface area contributed by atoms with E-state index in [1.54, 1.807) is 42.1 Å². The van der Waals surface area contributed by atoms with Crippen molar-refractivity contribution in [2.24, 2.45) is 0 Å². The summed E-state index contributed by atoms with van der Waals surface area (Å²) < 4.78 is 40.3. The first kappa shape index (κ1) is 36.0. The summed E-state index contributed by atoms with van der Waals surface area (Å²) in [4.78, 5) is 20.1. The number of methoxy groups -OCH3 is 5. The second-order valence-corrected chi connectivity index (χ2v) is 13.2. The topological polar surface area (TPSA) is 98.5 Å². The van der Waals surface area contributed by atoms with Gasteiger partial charge in [-0.15, -0.1) is 11.8 Å². The Morgan fingerprint density at radius 1 is 0.765 bits per heavy atom. The van der Waals surface area contributed by atoms with E-state index in [4.69, 9.17) is 61.0 Å². The molecule has 0 unspecified atom stereocenters. The van der Waals surface area contributed by atoms with Gasteiger partial charge in [-0.3, -0.25) is 4.79 Å². The Morgan fingerprint density at radius 3 is 2.20 bits per heavy atom. The second-order valence-electron chi connectivity index (χ2n) is 11.3. The molecule has 0 bridgehead atoms. The molecule has 4 aromatic carbocycles. The Hall–Kier alpha value is -4.77. The lowest BCUT2D eigenvalue weighted by Crippen LogP contribution is -2.12. The van der Waals surface area contributed by atoms with E-state index < -0.39 is 0 Å². The molecule has 0 saturated heterocycles. The van der Waals surface area contributed by atoms with Crippen molar-refractivity contribution in [1.82, 2.24) is 4.98 Å². The molecule has 0 spiro atoms. The van der Waals surface area contributed by atoms with Crippen LogP contribution in [0.1, 0.15) is 12.8 Å². The molecule has 0 radical (unpaired) electrons. The van der Waals surface area contributed by atoms with E-state index >= 15 is 0 Å². The first-order valence-electron chi connectivity index (χ1n) is 15.9. The van der Waals surface area contributed by atoms with Crippen LogP contribution in [0.15, 0.2) is 86.9 Å². The van der Waals surface area contributed by atoms with Gasteiger partial charge in [0.1, 0.15) is 22.5 Å². The molecule has 0 fully saturated rings. The SMILES string of the molecule is COc1cc(OC)c2c(=O)c(OCCCCSc3cc(-c4ccc(Cl)cc4Cl)nc4ccccc34)c(-c3cc(OC)c(OC)c(OC)c3)oc2c1. The summed E-state index contributed by atoms with van der Waals surface area (Å²) in [5.74, 6) is 3.00. The number of hydrogen-bond donors (Lipinski definition) is 0. The van der Waals surface area contributed by atoms with Crippen molar-refractivity contribution >= 4 is 56.8 Å². The Bertz CT molecular complexity index is 2250. The van der Waals surface area contributed by atoms with E-state index in [2.05, 4.69) is 12.1 Å². The van der Waals surface area contributed by atoms with Gasteiger partial charge in [0.2, 0.25) is 16.9 Å². The summed E-state index contributed by atoms with van der Waals surface area (Å²) >= 11 is 14.4. The van der Waals surface area contributed by atoms with Crippen LogP contribution in [0.5, 0.6) is 34.5 Å². The molecule has 6 aromatic rings. The first-order valence-corrected chi connectivity index (χ1v) is 17.7. The van der Waals surface area contributed by atoms with Gasteiger partial charge in [-0.05, 0) is 61.1 Å². The molecule has 6 rings (SSSR count). The fourth-order valence-corrected chi connectivity index (χ4v) is 7.31. The van der Waals surface area contributed by atoms with E-state index in [1.807, 2.05) is 30.3 Å². The predicted molar refractivity (Wildman–Crippen MR) is 203 cm³/mol. The molecule has 51 heavy (non-hydrogen) atoms. The maximum atomic E-state index is 14.1. The van der Waals surface area contributed by atoms with Gasteiger partial charge in [0.15, 0.2) is 17.3 Å². The zero-order valence-corrected chi connectivity index (χ0v) is 31.0. The molecule has 2 heterocycles. The number of rotatable bonds is 14. The third-order valence-electron chi connectivity index (χ3n) is 8.20. The molecule has 9 nitrogen and oxygen atoms in total. The number of para-hydroxylation sites is 1. The van der Waals surface area contributed by atoms with Gasteiger partial charge in [0, 0.05) is 38.6 Å². The lowest BCUT2D eigenvalue weighted by Gasteiger charge is -2.17. The largest absolute Gasteiger partial charge is 0.496 e. The fourth-order valence-electron chi connectivity index (χ4n) is 5.71. The highest BCUT2D eigenvalue weighted by Crippen LogP contribution is 2.44. The van der Waals surface area contributed by atoms with Crippen LogP contribution in [-0.2, 0) is 0 Å². The highest BCUT2D eigenvalue weighted by molar-refractivity contribution is 7.99. The molecular weight excluding hydrogens is 713 g/mol. The molecular formula is C39H35Cl2NO8S. The fraction of sp³-hybridized carbons (Fsp3) is 0.231. The number of nitrogens with zero attached hydrogens (tertiary/aromatic N) is 1. The highest BCUT2D eigenvalue weighted by Gasteiger charge is 2.24. The zero-order chi connectivity index (χ0) is 36.1. The molecule has 0 atom stereocenters. The lowest BCUT2D eigenvalue weighted by molar-refractivity contribution is 0.301. The van der Waals surface area contributed by atoms with Gasteiger partial charge in [0.25, 0.3) is 0 Å². The summed E-state index contributed by atoms with van der Waals surface area (Å²) in [6.07, 6.45) is 1.47. The van der Waals surface area contributed by atoms with Crippen LogP contribution < -0.4 is 33.8 Å². The number of hydrogen-bond acceptors (Lipinski definition) is 10. The number of pyridine rings is 1. The third-order valence-corrected chi connectivity index (χ3v) is 9.89. The van der Waals surface area contributed by atoms with Crippen molar-refractivity contribution in [2.75, 3.05) is 47.9 Å². The van der Waals surface area contributed by atoms with E-state index in [0.29, 0.717) is 50.8 Å². The quantitative estimate of drug-likeness (QED) is 0.0791. The second kappa shape index (κ2) is 16.1. The Balaban J connectivity index is 1.26. The highest BCUT2D eigenvalue weighted by atomic mass is 35.5. The molecule has 0 N–H and O–H groups in total. The summed E-state index contributed by atoms with van der Waals surface area (Å²) in [6, 6.07) is 22.2. The number of aromatic nitrogens is 1. The van der Waals surface area contributed by atoms with Crippen LogP contribution in [0.3, 0.4) is 0 Å². The maximum Gasteiger partial charge on any atom is 0.239 e. The molecule has 12 heteroatoms. The molecule has 0 aliphatic heterocycles. The number of benzene rings is 4. The molecule has 264 valence electrons. The van der Waals surface area contributed by atoms with Crippen LogP contribution in [0, 0.1) is 0 Å². The molecule has 0 aliphatic carbocycles. The van der Waals surface area contributed by atoms with E-state index in [9.17, 15) is 4.79 Å². The van der Waals surface area contributed by atoms with E-state index in [0.717, 1.165) is 39.2 Å². The van der Waals surface area contributed by atoms with E-state index in [1.165, 1.54) is 35.5 Å². The Labute approximate surface area is 309 Å². The average Bonchev–Trinajstić information content (AvgIpc) is 3.15. The molecule has 0 saturated carbocycles. The number of thioether (sulfide) groups is 1. The number of halogens is 2. The van der Waals surface area contributed by atoms with Gasteiger partial charge in [-0.2, -0.15) is 0 Å². The maximum absolute atomic E-state index is 14.1. The summed E-state index contributed by atoms with van der Waals surface area (Å²) in [6.45, 7) is 0.259. The van der Waals surface area contributed by atoms with E-state index in [-0.39, 0.29) is 34.5 Å². The van der Waals surface area contributed by atoms with Crippen LogP contribution in [0.4, 0.5) is 0 Å². The van der Waals surface area contributed by atoms with Crippen LogP contribution in [0.2, 0.25) is 10.0 Å². The van der Waals surface area contributed by atoms with Crippen molar-refractivity contribution < 1.29 is 32.8 Å². The van der Waals surface area contributed by atoms with Gasteiger partial charge < -0.3 is 32.8 Å². The number of unbranched alkanes of at least 4 members (excludes halogenated alkanes) is 1. The van der Waals surface area contributed by atoms with Crippen molar-refractivity contribution in [3.63, 3.8) is 0 Å². The Kier molecular flexibility index (Phi) is 11.3. The van der Waals surface area contributed by atoms with Crippen molar-refractivity contribution in [2.45, 2.75) is 17.7 Å². The number of fused-ring (bicyclic) bond motifs is 2. The summed E-state index contributed by atoms with van der Waals surface area (Å²) in [5, 5.41) is 2.40. The first-order chi connectivity index (χ1) is 24.8. The van der Waals surface area contributed by atoms with Crippen LogP contribution in [-0.4, -0.2) is 52.9 Å². The van der Waals surface area contributed by atoms with Crippen molar-refractivity contribution in [3.8, 4) is 57.1 Å². The normalized spacial score (nSPS) is 11.1. The minimum absolute atomic E-state index is 0.0394. The standard InChI is InChI=1S/C39H35Cl2NO8S/c1-44-24-19-30(45-2)35-31(20-24)50-37(22-16-32(46-3)38(48-5)33(17-22)47-4)39(36(35)43)49-14-8-9-15-51-34-21-29(25-13-12-23(40)18-27(25)41)42-28-11-7-6-10-26(28)34/h6-7,10-13,16-21H,8-9,14-15H2,1-5H3. The van der Waals surface area contributed by atoms with Gasteiger partial charge >= 0.3 is 0 Å². The minimum atomic E-state index is -0.384. The lowest BCUT2D eigenvalue weighted by atomic mass is 10.1.